The van der Waals surface area contributed by atoms with Crippen molar-refractivity contribution in [2.24, 2.45) is 10.7 Å². The first-order valence-electron chi connectivity index (χ1n) is 6.35. The minimum absolute atomic E-state index is 0.366. The summed E-state index contributed by atoms with van der Waals surface area (Å²) in [5.74, 6) is 0.443. The maximum absolute atomic E-state index is 11.8. The van der Waals surface area contributed by atoms with E-state index in [0.717, 1.165) is 12.8 Å². The fraction of sp³-hybridized carbons (Fsp3) is 0.538. The van der Waals surface area contributed by atoms with E-state index >= 15 is 0 Å². The van der Waals surface area contributed by atoms with Gasteiger partial charge in [-0.2, -0.15) is 0 Å². The maximum Gasteiger partial charge on any atom is 0.418 e. The second-order valence-electron chi connectivity index (χ2n) is 5.61. The number of ether oxygens (including phenoxy) is 1. The third-order valence-corrected chi connectivity index (χ3v) is 2.51. The third kappa shape index (κ3) is 4.01. The second kappa shape index (κ2) is 4.95. The Balaban J connectivity index is 1.92. The number of hydrogen-bond donors (Lipinski definition) is 1. The number of nitrogens with zero attached hydrogens (tertiary/aromatic N) is 3. The van der Waals surface area contributed by atoms with Gasteiger partial charge in [-0.3, -0.25) is 9.80 Å². The predicted molar refractivity (Wildman–Crippen MR) is 72.8 cm³/mol. The first-order chi connectivity index (χ1) is 8.85. The summed E-state index contributed by atoms with van der Waals surface area (Å²) < 4.78 is 5.25. The molecule has 0 radical (unpaired) electrons. The smallest absolute Gasteiger partial charge is 0.418 e. The molecule has 0 atom stereocenters. The molecule has 1 amide bonds. The van der Waals surface area contributed by atoms with Gasteiger partial charge in [-0.05, 0) is 33.6 Å². The SMILES string of the molecule is CC(C)(C)OC(=O)N1C=CN(C(N)=NC2CC2)C=C1. The van der Waals surface area contributed by atoms with Crippen molar-refractivity contribution in [1.82, 2.24) is 9.80 Å². The van der Waals surface area contributed by atoms with E-state index in [2.05, 4.69) is 4.99 Å². The van der Waals surface area contributed by atoms with Crippen LogP contribution in [0.25, 0.3) is 0 Å². The van der Waals surface area contributed by atoms with Crippen LogP contribution in [0.15, 0.2) is 29.8 Å². The lowest BCUT2D eigenvalue weighted by molar-refractivity contribution is 0.0394. The molecule has 0 bridgehead atoms. The Kier molecular flexibility index (Phi) is 3.50. The van der Waals surface area contributed by atoms with Gasteiger partial charge in [0.1, 0.15) is 5.60 Å². The Hall–Kier alpha value is -1.98. The molecular formula is C13H20N4O2. The van der Waals surface area contributed by atoms with E-state index in [1.807, 2.05) is 20.8 Å². The van der Waals surface area contributed by atoms with E-state index in [0.29, 0.717) is 12.0 Å². The second-order valence-corrected chi connectivity index (χ2v) is 5.61. The quantitative estimate of drug-likeness (QED) is 0.580. The van der Waals surface area contributed by atoms with Crippen molar-refractivity contribution < 1.29 is 9.53 Å². The summed E-state index contributed by atoms with van der Waals surface area (Å²) in [4.78, 5) is 19.2. The number of hydrogen-bond acceptors (Lipinski definition) is 3. The van der Waals surface area contributed by atoms with Crippen LogP contribution in [-0.4, -0.2) is 33.5 Å². The summed E-state index contributed by atoms with van der Waals surface area (Å²) in [6, 6.07) is 0.366. The first kappa shape index (κ1) is 13.5. The number of carbonyl (C=O) groups excluding carboxylic acids is 1. The lowest BCUT2D eigenvalue weighted by Gasteiger charge is -2.26. The van der Waals surface area contributed by atoms with Crippen LogP contribution >= 0.6 is 0 Å². The summed E-state index contributed by atoms with van der Waals surface area (Å²) in [5, 5.41) is 0. The molecule has 2 rings (SSSR count). The third-order valence-electron chi connectivity index (χ3n) is 2.51. The van der Waals surface area contributed by atoms with Crippen LogP contribution in [0.2, 0.25) is 0 Å². The molecule has 1 saturated carbocycles. The van der Waals surface area contributed by atoms with Crippen LogP contribution in [0.3, 0.4) is 0 Å². The molecule has 19 heavy (non-hydrogen) atoms. The zero-order chi connectivity index (χ0) is 14.0. The molecule has 1 heterocycles. The molecule has 1 fully saturated rings. The Bertz CT molecular complexity index is 430. The summed E-state index contributed by atoms with van der Waals surface area (Å²) >= 11 is 0. The zero-order valence-electron chi connectivity index (χ0n) is 11.5. The van der Waals surface area contributed by atoms with E-state index in [4.69, 9.17) is 10.5 Å². The number of rotatable bonds is 1. The van der Waals surface area contributed by atoms with Gasteiger partial charge in [0.25, 0.3) is 0 Å². The van der Waals surface area contributed by atoms with E-state index in [1.54, 1.807) is 29.7 Å². The summed E-state index contributed by atoms with van der Waals surface area (Å²) in [6.45, 7) is 5.48. The van der Waals surface area contributed by atoms with Crippen LogP contribution in [0.1, 0.15) is 33.6 Å². The van der Waals surface area contributed by atoms with Crippen molar-refractivity contribution >= 4 is 12.1 Å². The average molecular weight is 264 g/mol. The van der Waals surface area contributed by atoms with Gasteiger partial charge in [0.2, 0.25) is 0 Å². The van der Waals surface area contributed by atoms with E-state index in [9.17, 15) is 4.79 Å². The van der Waals surface area contributed by atoms with Gasteiger partial charge in [-0.25, -0.2) is 9.79 Å². The molecule has 0 saturated heterocycles. The van der Waals surface area contributed by atoms with Crippen LogP contribution in [0, 0.1) is 0 Å². The molecule has 0 spiro atoms. The molecule has 1 aliphatic carbocycles. The Morgan fingerprint density at radius 1 is 1.21 bits per heavy atom. The van der Waals surface area contributed by atoms with Crippen molar-refractivity contribution in [3.63, 3.8) is 0 Å². The summed E-state index contributed by atoms with van der Waals surface area (Å²) in [6.07, 6.45) is 8.36. The predicted octanol–water partition coefficient (Wildman–Crippen LogP) is 1.96. The van der Waals surface area contributed by atoms with Gasteiger partial charge in [-0.15, -0.1) is 0 Å². The van der Waals surface area contributed by atoms with Gasteiger partial charge in [-0.1, -0.05) is 0 Å². The fourth-order valence-corrected chi connectivity index (χ4v) is 1.43. The number of amides is 1. The highest BCUT2D eigenvalue weighted by atomic mass is 16.6. The molecule has 2 aliphatic rings. The first-order valence-corrected chi connectivity index (χ1v) is 6.35. The van der Waals surface area contributed by atoms with Crippen LogP contribution in [-0.2, 0) is 4.74 Å². The van der Waals surface area contributed by atoms with Gasteiger partial charge in [0.05, 0.1) is 6.04 Å². The van der Waals surface area contributed by atoms with Gasteiger partial charge >= 0.3 is 6.09 Å². The van der Waals surface area contributed by atoms with E-state index < -0.39 is 11.7 Å². The Labute approximate surface area is 113 Å². The van der Waals surface area contributed by atoms with Crippen molar-refractivity contribution in [3.8, 4) is 0 Å². The normalized spacial score (nSPS) is 19.8. The molecule has 0 aromatic rings. The van der Waals surface area contributed by atoms with Gasteiger partial charge in [0.15, 0.2) is 5.96 Å². The number of nitrogens with two attached hydrogens (primary N) is 1. The van der Waals surface area contributed by atoms with Gasteiger partial charge in [0, 0.05) is 24.8 Å². The molecule has 0 aromatic heterocycles. The zero-order valence-corrected chi connectivity index (χ0v) is 11.5. The van der Waals surface area contributed by atoms with E-state index in [1.165, 1.54) is 4.90 Å². The molecular weight excluding hydrogens is 244 g/mol. The van der Waals surface area contributed by atoms with Crippen LogP contribution < -0.4 is 5.73 Å². The number of aliphatic imine (C=N–C) groups is 1. The standard InChI is InChI=1S/C13H20N4O2/c1-13(2,3)19-12(18)17-8-6-16(7-9-17)11(14)15-10-4-5-10/h6-10H,4-5H2,1-3H3,(H2,14,15). The molecule has 6 nitrogen and oxygen atoms in total. The number of carbonyl (C=O) groups is 1. The van der Waals surface area contributed by atoms with Crippen LogP contribution in [0.4, 0.5) is 4.79 Å². The monoisotopic (exact) mass is 264 g/mol. The fourth-order valence-electron chi connectivity index (χ4n) is 1.43. The summed E-state index contributed by atoms with van der Waals surface area (Å²) in [5.41, 5.74) is 5.34. The lowest BCUT2D eigenvalue weighted by Crippen LogP contribution is -2.35. The molecule has 0 unspecified atom stereocenters. The van der Waals surface area contributed by atoms with Crippen LogP contribution in [0.5, 0.6) is 0 Å². The largest absolute Gasteiger partial charge is 0.443 e. The minimum atomic E-state index is -0.512. The van der Waals surface area contributed by atoms with E-state index in [-0.39, 0.29) is 0 Å². The van der Waals surface area contributed by atoms with Crippen molar-refractivity contribution in [3.05, 3.63) is 24.8 Å². The Morgan fingerprint density at radius 2 is 1.74 bits per heavy atom. The maximum atomic E-state index is 11.8. The van der Waals surface area contributed by atoms with Crippen molar-refractivity contribution in [1.29, 1.82) is 0 Å². The molecule has 104 valence electrons. The molecule has 1 aliphatic heterocycles. The highest BCUT2D eigenvalue weighted by Crippen LogP contribution is 2.23. The lowest BCUT2D eigenvalue weighted by atomic mass is 10.2. The number of guanidine groups is 1. The summed E-state index contributed by atoms with van der Waals surface area (Å²) in [7, 11) is 0. The topological polar surface area (TPSA) is 71.2 Å². The molecule has 0 aromatic carbocycles. The van der Waals surface area contributed by atoms with Crippen molar-refractivity contribution in [2.45, 2.75) is 45.3 Å². The molecule has 2 N–H and O–H groups in total. The van der Waals surface area contributed by atoms with Gasteiger partial charge < -0.3 is 10.5 Å². The minimum Gasteiger partial charge on any atom is -0.443 e. The molecule has 6 heteroatoms. The Morgan fingerprint density at radius 3 is 2.21 bits per heavy atom. The average Bonchev–Trinajstić information content (AvgIpc) is 3.11. The highest BCUT2D eigenvalue weighted by molar-refractivity contribution is 5.81. The van der Waals surface area contributed by atoms with Crippen molar-refractivity contribution in [2.75, 3.05) is 0 Å². The highest BCUT2D eigenvalue weighted by Gasteiger charge is 2.23.